The number of furan rings is 1. The highest BCUT2D eigenvalue weighted by Gasteiger charge is 2.31. The number of hydrogen-bond acceptors (Lipinski definition) is 5. The average Bonchev–Trinajstić information content (AvgIpc) is 3.38. The third-order valence-corrected chi connectivity index (χ3v) is 7.04. The number of carbonyl (C=O) groups excluding carboxylic acids is 1. The van der Waals surface area contributed by atoms with Crippen LogP contribution in [0.3, 0.4) is 0 Å². The number of amides is 1. The number of H-pyrrole nitrogens is 1. The van der Waals surface area contributed by atoms with Gasteiger partial charge >= 0.3 is 0 Å². The van der Waals surface area contributed by atoms with Crippen molar-refractivity contribution in [1.29, 1.82) is 0 Å². The van der Waals surface area contributed by atoms with Crippen LogP contribution in [-0.4, -0.2) is 59.9 Å². The predicted octanol–water partition coefficient (Wildman–Crippen LogP) is 2.92. The Morgan fingerprint density at radius 3 is 2.53 bits per heavy atom. The molecule has 1 fully saturated rings. The molecule has 3 heterocycles. The highest BCUT2D eigenvalue weighted by atomic mass is 35.5. The molecule has 8 nitrogen and oxygen atoms in total. The second kappa shape index (κ2) is 7.86. The molecule has 0 radical (unpaired) electrons. The van der Waals surface area contributed by atoms with Crippen molar-refractivity contribution in [2.75, 3.05) is 26.2 Å². The Bertz CT molecular complexity index is 1200. The average molecular weight is 453 g/mol. The van der Waals surface area contributed by atoms with Gasteiger partial charge in [-0.2, -0.15) is 9.40 Å². The van der Waals surface area contributed by atoms with Crippen molar-refractivity contribution >= 4 is 27.5 Å². The normalized spacial score (nSPS) is 15.5. The van der Waals surface area contributed by atoms with Crippen molar-refractivity contribution in [2.45, 2.75) is 11.8 Å². The molecule has 0 bridgehead atoms. The van der Waals surface area contributed by atoms with Crippen LogP contribution in [0.1, 0.15) is 16.2 Å². The fraction of sp³-hybridized carbons (Fsp3) is 0.263. The Kier molecular flexibility index (Phi) is 5.39. The van der Waals surface area contributed by atoms with Gasteiger partial charge < -0.3 is 9.32 Å². The monoisotopic (exact) mass is 452 g/mol. The summed E-state index contributed by atoms with van der Waals surface area (Å²) in [7, 11) is -3.83. The van der Waals surface area contributed by atoms with Crippen LogP contribution in [0, 0.1) is 12.7 Å². The molecular formula is C19H18ClFN4O4S. The van der Waals surface area contributed by atoms with Gasteiger partial charge in [0.25, 0.3) is 5.91 Å². The molecule has 1 aliphatic rings. The van der Waals surface area contributed by atoms with Crippen LogP contribution in [0.2, 0.25) is 5.02 Å². The van der Waals surface area contributed by atoms with Crippen LogP contribution in [0.5, 0.6) is 0 Å². The van der Waals surface area contributed by atoms with Gasteiger partial charge in [-0.1, -0.05) is 11.6 Å². The molecule has 11 heteroatoms. The number of piperazine rings is 1. The van der Waals surface area contributed by atoms with E-state index in [-0.39, 0.29) is 47.7 Å². The number of nitrogens with zero attached hydrogens (tertiary/aromatic N) is 3. The third kappa shape index (κ3) is 3.85. The molecule has 1 amide bonds. The Morgan fingerprint density at radius 1 is 1.17 bits per heavy atom. The lowest BCUT2D eigenvalue weighted by molar-refractivity contribution is 0.0692. The van der Waals surface area contributed by atoms with Gasteiger partial charge in [-0.3, -0.25) is 9.89 Å². The number of carbonyl (C=O) groups is 1. The summed E-state index contributed by atoms with van der Waals surface area (Å²) in [5.74, 6) is 0.330. The first-order valence-corrected chi connectivity index (χ1v) is 10.9. The van der Waals surface area contributed by atoms with Crippen LogP contribution in [-0.2, 0) is 10.0 Å². The first-order chi connectivity index (χ1) is 14.3. The second-order valence-electron chi connectivity index (χ2n) is 6.85. The van der Waals surface area contributed by atoms with Crippen molar-refractivity contribution in [1.82, 2.24) is 19.4 Å². The van der Waals surface area contributed by atoms with Gasteiger partial charge in [0.2, 0.25) is 10.0 Å². The van der Waals surface area contributed by atoms with Crippen molar-refractivity contribution in [3.8, 4) is 11.5 Å². The molecular weight excluding hydrogens is 435 g/mol. The minimum absolute atomic E-state index is 0.0839. The molecule has 1 aromatic carbocycles. The number of rotatable bonds is 4. The summed E-state index contributed by atoms with van der Waals surface area (Å²) in [6.07, 6.45) is 0. The van der Waals surface area contributed by atoms with Gasteiger partial charge in [-0.25, -0.2) is 12.8 Å². The lowest BCUT2D eigenvalue weighted by Crippen LogP contribution is -2.50. The van der Waals surface area contributed by atoms with E-state index < -0.39 is 15.8 Å². The molecule has 0 unspecified atom stereocenters. The molecule has 3 aromatic rings. The molecule has 1 saturated heterocycles. The van der Waals surface area contributed by atoms with Crippen molar-refractivity contribution < 1.29 is 22.0 Å². The number of nitrogens with one attached hydrogen (secondary N) is 1. The van der Waals surface area contributed by atoms with E-state index in [2.05, 4.69) is 10.2 Å². The molecule has 2 aromatic heterocycles. The lowest BCUT2D eigenvalue weighted by Gasteiger charge is -2.33. The van der Waals surface area contributed by atoms with Gasteiger partial charge in [-0.15, -0.1) is 0 Å². The summed E-state index contributed by atoms with van der Waals surface area (Å²) in [6.45, 7) is 2.44. The molecule has 30 heavy (non-hydrogen) atoms. The largest absolute Gasteiger partial charge is 0.460 e. The Morgan fingerprint density at radius 2 is 1.90 bits per heavy atom. The van der Waals surface area contributed by atoms with Crippen LogP contribution < -0.4 is 0 Å². The minimum Gasteiger partial charge on any atom is -0.460 e. The zero-order valence-corrected chi connectivity index (χ0v) is 17.5. The Balaban J connectivity index is 1.43. The summed E-state index contributed by atoms with van der Waals surface area (Å²) in [4.78, 5) is 14.2. The number of aromatic nitrogens is 2. The predicted molar refractivity (Wildman–Crippen MR) is 107 cm³/mol. The third-order valence-electron chi connectivity index (χ3n) is 4.86. The van der Waals surface area contributed by atoms with Crippen molar-refractivity contribution in [3.63, 3.8) is 0 Å². The van der Waals surface area contributed by atoms with Gasteiger partial charge in [0.15, 0.2) is 11.5 Å². The Hall–Kier alpha value is -2.69. The van der Waals surface area contributed by atoms with E-state index in [0.717, 1.165) is 17.9 Å². The van der Waals surface area contributed by atoms with Crippen molar-refractivity contribution in [2.24, 2.45) is 0 Å². The topological polar surface area (TPSA) is 99.5 Å². The van der Waals surface area contributed by atoms with Crippen LogP contribution in [0.4, 0.5) is 4.39 Å². The fourth-order valence-corrected chi connectivity index (χ4v) is 4.91. The maximum atomic E-state index is 13.3. The van der Waals surface area contributed by atoms with E-state index in [0.29, 0.717) is 11.5 Å². The highest BCUT2D eigenvalue weighted by Crippen LogP contribution is 2.24. The van der Waals surface area contributed by atoms with Gasteiger partial charge in [0.05, 0.1) is 9.92 Å². The minimum atomic E-state index is -3.83. The van der Waals surface area contributed by atoms with Crippen LogP contribution in [0.25, 0.3) is 11.5 Å². The van der Waals surface area contributed by atoms with Gasteiger partial charge in [0, 0.05) is 32.2 Å². The van der Waals surface area contributed by atoms with E-state index in [1.165, 1.54) is 15.3 Å². The number of halogens is 2. The summed E-state index contributed by atoms with van der Waals surface area (Å²) >= 11 is 5.71. The first-order valence-electron chi connectivity index (χ1n) is 9.12. The molecule has 0 saturated carbocycles. The van der Waals surface area contributed by atoms with Crippen LogP contribution >= 0.6 is 11.6 Å². The summed E-state index contributed by atoms with van der Waals surface area (Å²) in [5.41, 5.74) is 0.807. The number of aryl methyl sites for hydroxylation is 1. The number of sulfonamides is 1. The maximum absolute atomic E-state index is 13.3. The smallest absolute Gasteiger partial charge is 0.274 e. The summed E-state index contributed by atoms with van der Waals surface area (Å²) < 4.78 is 45.7. The van der Waals surface area contributed by atoms with Gasteiger partial charge in [0.1, 0.15) is 17.3 Å². The quantitative estimate of drug-likeness (QED) is 0.656. The molecule has 1 N–H and O–H groups in total. The van der Waals surface area contributed by atoms with Crippen molar-refractivity contribution in [3.05, 3.63) is 58.7 Å². The molecule has 158 valence electrons. The number of benzene rings is 1. The Labute approximate surface area is 177 Å². The fourth-order valence-electron chi connectivity index (χ4n) is 3.22. The van der Waals surface area contributed by atoms with E-state index in [9.17, 15) is 17.6 Å². The molecule has 0 spiro atoms. The molecule has 0 aliphatic carbocycles. The van der Waals surface area contributed by atoms with Crippen LogP contribution in [0.15, 0.2) is 45.7 Å². The molecule has 0 atom stereocenters. The maximum Gasteiger partial charge on any atom is 0.274 e. The second-order valence-corrected chi connectivity index (χ2v) is 9.19. The number of hydrogen-bond donors (Lipinski definition) is 1. The SMILES string of the molecule is Cc1ccc(-c2cc(C(=O)N3CCN(S(=O)(=O)c4ccc(F)c(Cl)c4)CC3)n[nH]2)o1. The first kappa shape index (κ1) is 20.6. The van der Waals surface area contributed by atoms with E-state index in [1.807, 2.05) is 13.0 Å². The highest BCUT2D eigenvalue weighted by molar-refractivity contribution is 7.89. The lowest BCUT2D eigenvalue weighted by atomic mass is 10.2. The summed E-state index contributed by atoms with van der Waals surface area (Å²) in [6, 6.07) is 8.48. The zero-order chi connectivity index (χ0) is 21.5. The van der Waals surface area contributed by atoms with E-state index in [1.54, 1.807) is 12.1 Å². The molecule has 4 rings (SSSR count). The standard InChI is InChI=1S/C19H18ClFN4O4S/c1-12-2-5-18(29-12)16-11-17(23-22-16)19(26)24-6-8-25(9-7-24)30(27,28)13-3-4-15(21)14(20)10-13/h2-5,10-11H,6-9H2,1H3,(H,22,23). The molecule has 1 aliphatic heterocycles. The summed E-state index contributed by atoms with van der Waals surface area (Å²) in [5, 5.41) is 6.57. The van der Waals surface area contributed by atoms with E-state index >= 15 is 0 Å². The van der Waals surface area contributed by atoms with E-state index in [4.69, 9.17) is 16.0 Å². The number of aromatic amines is 1. The van der Waals surface area contributed by atoms with Gasteiger partial charge in [-0.05, 0) is 37.3 Å². The zero-order valence-electron chi connectivity index (χ0n) is 15.9.